The highest BCUT2D eigenvalue weighted by Gasteiger charge is 2.05. The molecular weight excluding hydrogens is 307 g/mol. The molecule has 3 aromatic rings. The Morgan fingerprint density at radius 2 is 1.79 bits per heavy atom. The van der Waals surface area contributed by atoms with Gasteiger partial charge in [0, 0.05) is 0 Å². The second-order valence-corrected chi connectivity index (χ2v) is 5.12. The Hall–Kier alpha value is -3.21. The minimum atomic E-state index is -0.509. The fourth-order valence-corrected chi connectivity index (χ4v) is 2.20. The molecule has 0 heterocycles. The van der Waals surface area contributed by atoms with Gasteiger partial charge in [0.1, 0.15) is 0 Å². The van der Waals surface area contributed by atoms with Gasteiger partial charge in [-0.1, -0.05) is 48.5 Å². The lowest BCUT2D eigenvalue weighted by Gasteiger charge is -2.05. The number of hydrogen-bond donors (Lipinski definition) is 1. The first-order valence-electron chi connectivity index (χ1n) is 7.40. The molecule has 1 N–H and O–H groups in total. The highest BCUT2D eigenvalue weighted by molar-refractivity contribution is 5.90. The molecule has 0 aromatic heterocycles. The van der Waals surface area contributed by atoms with Gasteiger partial charge in [0.25, 0.3) is 5.91 Å². The zero-order valence-corrected chi connectivity index (χ0v) is 12.8. The summed E-state index contributed by atoms with van der Waals surface area (Å²) < 4.78 is 18.5. The Morgan fingerprint density at radius 1 is 1.04 bits per heavy atom. The third-order valence-electron chi connectivity index (χ3n) is 3.37. The first kappa shape index (κ1) is 15.7. The summed E-state index contributed by atoms with van der Waals surface area (Å²) in [7, 11) is 0. The number of amides is 1. The molecule has 0 spiro atoms. The fraction of sp³-hybridized carbons (Fsp3) is 0.0526. The minimum Gasteiger partial charge on any atom is -0.481 e. The first-order valence-corrected chi connectivity index (χ1v) is 7.40. The molecule has 0 saturated heterocycles. The van der Waals surface area contributed by atoms with Crippen LogP contribution < -0.4 is 10.2 Å². The van der Waals surface area contributed by atoms with Crippen LogP contribution in [0, 0.1) is 5.82 Å². The highest BCUT2D eigenvalue weighted by Crippen LogP contribution is 2.15. The summed E-state index contributed by atoms with van der Waals surface area (Å²) in [6.07, 6.45) is 1.55. The van der Waals surface area contributed by atoms with Crippen molar-refractivity contribution < 1.29 is 13.9 Å². The number of carbonyl (C=O) groups is 1. The van der Waals surface area contributed by atoms with Gasteiger partial charge in [-0.15, -0.1) is 0 Å². The van der Waals surface area contributed by atoms with Crippen LogP contribution in [-0.2, 0) is 4.79 Å². The molecule has 0 atom stereocenters. The molecule has 0 unspecified atom stereocenters. The van der Waals surface area contributed by atoms with E-state index in [1.165, 1.54) is 12.1 Å². The predicted octanol–water partition coefficient (Wildman–Crippen LogP) is 3.51. The standard InChI is InChI=1S/C19H15FN2O2/c20-17-7-3-4-8-18(17)24-13-19(23)22-21-12-14-9-10-15-5-1-2-6-16(15)11-14/h1-12H,13H2,(H,22,23)/b21-12-. The smallest absolute Gasteiger partial charge is 0.277 e. The van der Waals surface area contributed by atoms with Gasteiger partial charge < -0.3 is 4.74 Å². The number of fused-ring (bicyclic) bond motifs is 1. The second kappa shape index (κ2) is 7.37. The molecule has 24 heavy (non-hydrogen) atoms. The molecule has 5 heteroatoms. The van der Waals surface area contributed by atoms with E-state index in [9.17, 15) is 9.18 Å². The first-order chi connectivity index (χ1) is 11.7. The van der Waals surface area contributed by atoms with Gasteiger partial charge in [-0.3, -0.25) is 4.79 Å². The maximum atomic E-state index is 13.4. The van der Waals surface area contributed by atoms with Crippen molar-refractivity contribution >= 4 is 22.9 Å². The van der Waals surface area contributed by atoms with E-state index >= 15 is 0 Å². The molecule has 0 aliphatic heterocycles. The van der Waals surface area contributed by atoms with E-state index in [1.807, 2.05) is 42.5 Å². The number of para-hydroxylation sites is 1. The van der Waals surface area contributed by atoms with Crippen molar-refractivity contribution in [2.45, 2.75) is 0 Å². The second-order valence-electron chi connectivity index (χ2n) is 5.12. The molecule has 0 saturated carbocycles. The molecule has 3 aromatic carbocycles. The van der Waals surface area contributed by atoms with Gasteiger partial charge in [0.15, 0.2) is 18.2 Å². The lowest BCUT2D eigenvalue weighted by molar-refractivity contribution is -0.123. The maximum absolute atomic E-state index is 13.4. The van der Waals surface area contributed by atoms with Crippen molar-refractivity contribution in [1.82, 2.24) is 5.43 Å². The lowest BCUT2D eigenvalue weighted by atomic mass is 10.1. The quantitative estimate of drug-likeness (QED) is 0.577. The van der Waals surface area contributed by atoms with E-state index in [1.54, 1.807) is 18.3 Å². The van der Waals surface area contributed by atoms with Gasteiger partial charge in [-0.05, 0) is 34.5 Å². The molecule has 0 radical (unpaired) electrons. The maximum Gasteiger partial charge on any atom is 0.277 e. The summed E-state index contributed by atoms with van der Waals surface area (Å²) in [4.78, 5) is 11.7. The number of carbonyl (C=O) groups excluding carboxylic acids is 1. The van der Waals surface area contributed by atoms with Crippen LogP contribution in [0.3, 0.4) is 0 Å². The third-order valence-corrected chi connectivity index (χ3v) is 3.37. The summed E-state index contributed by atoms with van der Waals surface area (Å²) in [5.74, 6) is -0.939. The summed E-state index contributed by atoms with van der Waals surface area (Å²) in [5, 5.41) is 6.11. The molecule has 0 aliphatic carbocycles. The van der Waals surface area contributed by atoms with Crippen molar-refractivity contribution in [3.8, 4) is 5.75 Å². The minimum absolute atomic E-state index is 0.0335. The molecule has 3 rings (SSSR count). The number of hydrazone groups is 1. The van der Waals surface area contributed by atoms with E-state index in [0.717, 1.165) is 16.3 Å². The topological polar surface area (TPSA) is 50.7 Å². The van der Waals surface area contributed by atoms with Gasteiger partial charge in [0.05, 0.1) is 6.21 Å². The Kier molecular flexibility index (Phi) is 4.81. The van der Waals surface area contributed by atoms with E-state index in [-0.39, 0.29) is 12.4 Å². The molecular formula is C19H15FN2O2. The Labute approximate surface area is 138 Å². The van der Waals surface area contributed by atoms with Crippen molar-refractivity contribution in [2.24, 2.45) is 5.10 Å². The van der Waals surface area contributed by atoms with E-state index in [0.29, 0.717) is 0 Å². The number of rotatable bonds is 5. The lowest BCUT2D eigenvalue weighted by Crippen LogP contribution is -2.24. The molecule has 4 nitrogen and oxygen atoms in total. The Bertz CT molecular complexity index is 893. The molecule has 0 fully saturated rings. The van der Waals surface area contributed by atoms with Crippen molar-refractivity contribution in [1.29, 1.82) is 0 Å². The normalized spacial score (nSPS) is 10.9. The van der Waals surface area contributed by atoms with Crippen molar-refractivity contribution in [3.63, 3.8) is 0 Å². The predicted molar refractivity (Wildman–Crippen MR) is 91.6 cm³/mol. The largest absolute Gasteiger partial charge is 0.481 e. The van der Waals surface area contributed by atoms with E-state index in [4.69, 9.17) is 4.74 Å². The summed E-state index contributed by atoms with van der Waals surface area (Å²) in [6, 6.07) is 19.8. The van der Waals surface area contributed by atoms with Crippen LogP contribution in [0.2, 0.25) is 0 Å². The average Bonchev–Trinajstić information content (AvgIpc) is 2.61. The van der Waals surface area contributed by atoms with Crippen LogP contribution in [0.4, 0.5) is 4.39 Å². The number of ether oxygens (including phenoxy) is 1. The Balaban J connectivity index is 1.55. The summed E-state index contributed by atoms with van der Waals surface area (Å²) >= 11 is 0. The monoisotopic (exact) mass is 322 g/mol. The zero-order chi connectivity index (χ0) is 16.8. The summed E-state index contributed by atoms with van der Waals surface area (Å²) in [5.41, 5.74) is 3.22. The molecule has 0 bridgehead atoms. The van der Waals surface area contributed by atoms with Crippen molar-refractivity contribution in [2.75, 3.05) is 6.61 Å². The van der Waals surface area contributed by atoms with Gasteiger partial charge >= 0.3 is 0 Å². The average molecular weight is 322 g/mol. The number of benzene rings is 3. The molecule has 0 aliphatic rings. The fourth-order valence-electron chi connectivity index (χ4n) is 2.20. The van der Waals surface area contributed by atoms with E-state index in [2.05, 4.69) is 10.5 Å². The van der Waals surface area contributed by atoms with Crippen molar-refractivity contribution in [3.05, 3.63) is 78.1 Å². The van der Waals surface area contributed by atoms with Crippen LogP contribution in [0.15, 0.2) is 71.8 Å². The van der Waals surface area contributed by atoms with Gasteiger partial charge in [-0.2, -0.15) is 5.10 Å². The van der Waals surface area contributed by atoms with Crippen LogP contribution in [0.1, 0.15) is 5.56 Å². The Morgan fingerprint density at radius 3 is 2.62 bits per heavy atom. The number of hydrogen-bond acceptors (Lipinski definition) is 3. The van der Waals surface area contributed by atoms with Gasteiger partial charge in [0.2, 0.25) is 0 Å². The number of nitrogens with zero attached hydrogens (tertiary/aromatic N) is 1. The SMILES string of the molecule is O=C(COc1ccccc1F)N/N=C\c1ccc2ccccc2c1. The number of halogens is 1. The molecule has 1 amide bonds. The van der Waals surface area contributed by atoms with Gasteiger partial charge in [-0.25, -0.2) is 9.82 Å². The van der Waals surface area contributed by atoms with Crippen LogP contribution in [0.5, 0.6) is 5.75 Å². The van der Waals surface area contributed by atoms with Crippen LogP contribution >= 0.6 is 0 Å². The van der Waals surface area contributed by atoms with E-state index < -0.39 is 11.7 Å². The third kappa shape index (κ3) is 3.95. The highest BCUT2D eigenvalue weighted by atomic mass is 19.1. The zero-order valence-electron chi connectivity index (χ0n) is 12.8. The van der Waals surface area contributed by atoms with Crippen LogP contribution in [-0.4, -0.2) is 18.7 Å². The molecule has 120 valence electrons. The number of nitrogens with one attached hydrogen (secondary N) is 1. The summed E-state index contributed by atoms with van der Waals surface area (Å²) in [6.45, 7) is -0.310. The van der Waals surface area contributed by atoms with Crippen LogP contribution in [0.25, 0.3) is 10.8 Å².